The third kappa shape index (κ3) is 2.82. The molecule has 0 aliphatic carbocycles. The molecule has 0 aliphatic heterocycles. The zero-order valence-electron chi connectivity index (χ0n) is 7.64. The van der Waals surface area contributed by atoms with Gasteiger partial charge in [-0.3, -0.25) is 0 Å². The molecule has 0 saturated carbocycles. The number of sulfone groups is 1. The van der Waals surface area contributed by atoms with Crippen molar-refractivity contribution in [3.8, 4) is 0 Å². The molecule has 74 valence electrons. The van der Waals surface area contributed by atoms with Gasteiger partial charge < -0.3 is 10.3 Å². The molecule has 1 rings (SSSR count). The summed E-state index contributed by atoms with van der Waals surface area (Å²) in [6.07, 6.45) is 4.49. The van der Waals surface area contributed by atoms with Crippen LogP contribution in [0.15, 0.2) is 12.4 Å². The van der Waals surface area contributed by atoms with Crippen molar-refractivity contribution in [3.63, 3.8) is 0 Å². The second-order valence-corrected chi connectivity index (χ2v) is 5.28. The molecular formula is C7H13N3O2S. The van der Waals surface area contributed by atoms with Crippen LogP contribution in [-0.4, -0.2) is 30.0 Å². The van der Waals surface area contributed by atoms with Gasteiger partial charge in [0.05, 0.1) is 11.8 Å². The Bertz CT molecular complexity index is 382. The summed E-state index contributed by atoms with van der Waals surface area (Å²) in [6.45, 7) is 0. The zero-order valence-corrected chi connectivity index (χ0v) is 8.45. The first-order valence-corrected chi connectivity index (χ1v) is 5.87. The minimum absolute atomic E-state index is 0.0716. The molecule has 1 aromatic heterocycles. The number of nitrogens with zero attached hydrogens (tertiary/aromatic N) is 2. The van der Waals surface area contributed by atoms with Crippen molar-refractivity contribution in [2.24, 2.45) is 12.8 Å². The van der Waals surface area contributed by atoms with Crippen LogP contribution in [0.25, 0.3) is 0 Å². The van der Waals surface area contributed by atoms with E-state index in [2.05, 4.69) is 4.98 Å². The molecule has 0 aliphatic rings. The van der Waals surface area contributed by atoms with E-state index in [0.29, 0.717) is 5.82 Å². The number of aryl methyl sites for hydroxylation is 1. The number of aromatic nitrogens is 2. The van der Waals surface area contributed by atoms with Crippen LogP contribution in [0.1, 0.15) is 11.9 Å². The third-order valence-electron chi connectivity index (χ3n) is 1.67. The molecule has 0 aromatic carbocycles. The monoisotopic (exact) mass is 203 g/mol. The van der Waals surface area contributed by atoms with Gasteiger partial charge in [-0.15, -0.1) is 0 Å². The van der Waals surface area contributed by atoms with Gasteiger partial charge in [-0.2, -0.15) is 0 Å². The maximum Gasteiger partial charge on any atom is 0.149 e. The van der Waals surface area contributed by atoms with Crippen LogP contribution in [0.2, 0.25) is 0 Å². The number of nitrogens with two attached hydrogens (primary N) is 1. The summed E-state index contributed by atoms with van der Waals surface area (Å²) in [4.78, 5) is 3.97. The molecule has 0 amide bonds. The first-order valence-electron chi connectivity index (χ1n) is 3.80. The smallest absolute Gasteiger partial charge is 0.149 e. The van der Waals surface area contributed by atoms with Crippen LogP contribution in [0.4, 0.5) is 0 Å². The molecule has 13 heavy (non-hydrogen) atoms. The van der Waals surface area contributed by atoms with Crippen molar-refractivity contribution in [2.75, 3.05) is 12.0 Å². The van der Waals surface area contributed by atoms with Crippen LogP contribution in [0.5, 0.6) is 0 Å². The molecule has 1 atom stereocenters. The summed E-state index contributed by atoms with van der Waals surface area (Å²) in [6, 6.07) is -0.546. The highest BCUT2D eigenvalue weighted by Gasteiger charge is 2.16. The van der Waals surface area contributed by atoms with E-state index in [1.807, 2.05) is 0 Å². The zero-order chi connectivity index (χ0) is 10.1. The maximum absolute atomic E-state index is 10.9. The van der Waals surface area contributed by atoms with Crippen molar-refractivity contribution in [2.45, 2.75) is 6.04 Å². The van der Waals surface area contributed by atoms with E-state index >= 15 is 0 Å². The highest BCUT2D eigenvalue weighted by Crippen LogP contribution is 2.08. The quantitative estimate of drug-likeness (QED) is 0.716. The average molecular weight is 203 g/mol. The Kier molecular flexibility index (Phi) is 2.72. The highest BCUT2D eigenvalue weighted by molar-refractivity contribution is 7.90. The summed E-state index contributed by atoms with van der Waals surface area (Å²) in [5.74, 6) is 0.517. The standard InChI is InChI=1S/C7H13N3O2S/c1-10-4-3-9-7(10)6(8)5-13(2,11)12/h3-4,6H,5,8H2,1-2H3. The largest absolute Gasteiger partial charge is 0.337 e. The molecule has 0 radical (unpaired) electrons. The van der Waals surface area contributed by atoms with Crippen molar-refractivity contribution in [1.29, 1.82) is 0 Å². The fourth-order valence-corrected chi connectivity index (χ4v) is 1.94. The number of hydrogen-bond acceptors (Lipinski definition) is 4. The van der Waals surface area contributed by atoms with E-state index in [4.69, 9.17) is 5.73 Å². The Balaban J connectivity index is 2.81. The van der Waals surface area contributed by atoms with E-state index in [-0.39, 0.29) is 5.75 Å². The third-order valence-corrected chi connectivity index (χ3v) is 2.64. The minimum atomic E-state index is -3.04. The summed E-state index contributed by atoms with van der Waals surface area (Å²) >= 11 is 0. The van der Waals surface area contributed by atoms with Gasteiger partial charge >= 0.3 is 0 Å². The predicted molar refractivity (Wildman–Crippen MR) is 49.8 cm³/mol. The number of imidazole rings is 1. The Morgan fingerprint density at radius 2 is 2.31 bits per heavy atom. The fourth-order valence-electron chi connectivity index (χ4n) is 1.14. The second-order valence-electron chi connectivity index (χ2n) is 3.10. The van der Waals surface area contributed by atoms with E-state index in [1.54, 1.807) is 24.0 Å². The van der Waals surface area contributed by atoms with Gasteiger partial charge in [0.2, 0.25) is 0 Å². The van der Waals surface area contributed by atoms with Gasteiger partial charge in [0, 0.05) is 25.7 Å². The molecule has 0 saturated heterocycles. The Morgan fingerprint density at radius 1 is 1.69 bits per heavy atom. The maximum atomic E-state index is 10.9. The predicted octanol–water partition coefficient (Wildman–Crippen LogP) is -0.536. The molecular weight excluding hydrogens is 190 g/mol. The molecule has 1 heterocycles. The van der Waals surface area contributed by atoms with Crippen LogP contribution in [-0.2, 0) is 16.9 Å². The van der Waals surface area contributed by atoms with Gasteiger partial charge in [0.15, 0.2) is 0 Å². The summed E-state index contributed by atoms with van der Waals surface area (Å²) < 4.78 is 23.6. The van der Waals surface area contributed by atoms with E-state index in [1.165, 1.54) is 0 Å². The van der Waals surface area contributed by atoms with Crippen LogP contribution in [0.3, 0.4) is 0 Å². The van der Waals surface area contributed by atoms with Crippen molar-refractivity contribution >= 4 is 9.84 Å². The highest BCUT2D eigenvalue weighted by atomic mass is 32.2. The molecule has 2 N–H and O–H groups in total. The summed E-state index contributed by atoms with van der Waals surface area (Å²) in [5, 5.41) is 0. The normalized spacial score (nSPS) is 14.4. The molecule has 6 heteroatoms. The molecule has 1 unspecified atom stereocenters. The first kappa shape index (κ1) is 10.2. The van der Waals surface area contributed by atoms with Crippen LogP contribution in [0, 0.1) is 0 Å². The SMILES string of the molecule is Cn1ccnc1C(N)CS(C)(=O)=O. The Hall–Kier alpha value is -0.880. The molecule has 0 fully saturated rings. The molecule has 5 nitrogen and oxygen atoms in total. The van der Waals surface area contributed by atoms with Crippen molar-refractivity contribution < 1.29 is 8.42 Å². The van der Waals surface area contributed by atoms with Gasteiger partial charge in [-0.05, 0) is 0 Å². The van der Waals surface area contributed by atoms with E-state index in [9.17, 15) is 8.42 Å². The summed E-state index contributed by atoms with van der Waals surface area (Å²) in [5.41, 5.74) is 5.66. The second kappa shape index (κ2) is 3.47. The number of rotatable bonds is 3. The number of hydrogen-bond donors (Lipinski definition) is 1. The molecule has 0 bridgehead atoms. The molecule has 0 spiro atoms. The van der Waals surface area contributed by atoms with E-state index < -0.39 is 15.9 Å². The molecule has 1 aromatic rings. The van der Waals surface area contributed by atoms with Gasteiger partial charge in [-0.1, -0.05) is 0 Å². The van der Waals surface area contributed by atoms with E-state index in [0.717, 1.165) is 6.26 Å². The van der Waals surface area contributed by atoms with Crippen LogP contribution >= 0.6 is 0 Å². The average Bonchev–Trinajstić information content (AvgIpc) is 2.30. The van der Waals surface area contributed by atoms with Crippen LogP contribution < -0.4 is 5.73 Å². The first-order chi connectivity index (χ1) is 5.90. The lowest BCUT2D eigenvalue weighted by Crippen LogP contribution is -2.23. The van der Waals surface area contributed by atoms with Gasteiger partial charge in [0.25, 0.3) is 0 Å². The lowest BCUT2D eigenvalue weighted by Gasteiger charge is -2.09. The fraction of sp³-hybridized carbons (Fsp3) is 0.571. The van der Waals surface area contributed by atoms with Crippen molar-refractivity contribution in [3.05, 3.63) is 18.2 Å². The lowest BCUT2D eigenvalue weighted by atomic mass is 10.3. The lowest BCUT2D eigenvalue weighted by molar-refractivity contribution is 0.588. The Morgan fingerprint density at radius 3 is 2.69 bits per heavy atom. The van der Waals surface area contributed by atoms with Gasteiger partial charge in [-0.25, -0.2) is 13.4 Å². The topological polar surface area (TPSA) is 78.0 Å². The minimum Gasteiger partial charge on any atom is -0.337 e. The van der Waals surface area contributed by atoms with Crippen molar-refractivity contribution in [1.82, 2.24) is 9.55 Å². The Labute approximate surface area is 77.5 Å². The van der Waals surface area contributed by atoms with Gasteiger partial charge in [0.1, 0.15) is 15.7 Å². The summed E-state index contributed by atoms with van der Waals surface area (Å²) in [7, 11) is -1.26.